The van der Waals surface area contributed by atoms with Gasteiger partial charge in [0.25, 0.3) is 0 Å². The Hall–Kier alpha value is -2.14. The molecule has 1 saturated heterocycles. The first-order valence-corrected chi connectivity index (χ1v) is 8.25. The zero-order valence-corrected chi connectivity index (χ0v) is 13.7. The van der Waals surface area contributed by atoms with Gasteiger partial charge >= 0.3 is 0 Å². The van der Waals surface area contributed by atoms with Crippen LogP contribution in [0.4, 0.5) is 14.5 Å². The molecule has 2 aromatic carbocycles. The number of piperidine rings is 1. The van der Waals surface area contributed by atoms with E-state index in [1.165, 1.54) is 6.07 Å². The lowest BCUT2D eigenvalue weighted by molar-refractivity contribution is 0.340. The van der Waals surface area contributed by atoms with Crippen LogP contribution in [0.2, 0.25) is 0 Å². The van der Waals surface area contributed by atoms with Gasteiger partial charge in [0, 0.05) is 25.0 Å². The zero-order chi connectivity index (χ0) is 17.1. The molecule has 1 aliphatic rings. The molecule has 2 N–H and O–H groups in total. The molecule has 0 radical (unpaired) electrons. The van der Waals surface area contributed by atoms with E-state index in [4.69, 9.17) is 10.5 Å². The Morgan fingerprint density at radius 1 is 1.12 bits per heavy atom. The fourth-order valence-electron chi connectivity index (χ4n) is 3.32. The molecule has 0 aliphatic carbocycles. The maximum absolute atomic E-state index is 14.1. The molecule has 1 heterocycles. The number of halogens is 2. The van der Waals surface area contributed by atoms with Crippen molar-refractivity contribution in [2.75, 3.05) is 24.6 Å². The van der Waals surface area contributed by atoms with Crippen LogP contribution in [0.1, 0.15) is 24.8 Å². The first-order valence-electron chi connectivity index (χ1n) is 8.25. The van der Waals surface area contributed by atoms with Gasteiger partial charge in [0.1, 0.15) is 5.75 Å². The summed E-state index contributed by atoms with van der Waals surface area (Å²) in [6, 6.07) is 12.1. The highest BCUT2D eigenvalue weighted by molar-refractivity contribution is 5.49. The molecule has 2 atom stereocenters. The molecule has 0 spiro atoms. The minimum Gasteiger partial charge on any atom is -0.494 e. The van der Waals surface area contributed by atoms with Crippen LogP contribution in [0, 0.1) is 11.6 Å². The van der Waals surface area contributed by atoms with Crippen LogP contribution < -0.4 is 15.4 Å². The SMILES string of the molecule is CCOc1ccc(C2CC(N)CN(c3cccc(F)c3F)C2)cc1. The van der Waals surface area contributed by atoms with E-state index in [9.17, 15) is 8.78 Å². The highest BCUT2D eigenvalue weighted by Crippen LogP contribution is 2.32. The maximum atomic E-state index is 14.1. The minimum atomic E-state index is -0.829. The van der Waals surface area contributed by atoms with E-state index in [1.54, 1.807) is 6.07 Å². The second-order valence-corrected chi connectivity index (χ2v) is 6.17. The predicted molar refractivity (Wildman–Crippen MR) is 91.5 cm³/mol. The first-order chi connectivity index (χ1) is 11.6. The third-order valence-electron chi connectivity index (χ3n) is 4.42. The van der Waals surface area contributed by atoms with Crippen molar-refractivity contribution in [2.45, 2.75) is 25.3 Å². The van der Waals surface area contributed by atoms with Gasteiger partial charge in [-0.15, -0.1) is 0 Å². The Labute approximate surface area is 141 Å². The van der Waals surface area contributed by atoms with E-state index < -0.39 is 11.6 Å². The normalized spacial score (nSPS) is 20.9. The summed E-state index contributed by atoms with van der Waals surface area (Å²) in [5, 5.41) is 0. The zero-order valence-electron chi connectivity index (χ0n) is 13.7. The molecular weight excluding hydrogens is 310 g/mol. The highest BCUT2D eigenvalue weighted by atomic mass is 19.2. The molecule has 1 fully saturated rings. The number of rotatable bonds is 4. The van der Waals surface area contributed by atoms with Crippen molar-refractivity contribution in [1.82, 2.24) is 0 Å². The molecule has 128 valence electrons. The van der Waals surface area contributed by atoms with Crippen molar-refractivity contribution in [3.8, 4) is 5.75 Å². The molecule has 0 aromatic heterocycles. The van der Waals surface area contributed by atoms with Gasteiger partial charge in [-0.1, -0.05) is 18.2 Å². The molecule has 0 saturated carbocycles. The van der Waals surface area contributed by atoms with Crippen LogP contribution in [-0.4, -0.2) is 25.7 Å². The van der Waals surface area contributed by atoms with Gasteiger partial charge in [-0.05, 0) is 43.2 Å². The summed E-state index contributed by atoms with van der Waals surface area (Å²) in [5.74, 6) is -0.636. The van der Waals surface area contributed by atoms with E-state index in [-0.39, 0.29) is 17.6 Å². The van der Waals surface area contributed by atoms with Crippen molar-refractivity contribution in [2.24, 2.45) is 5.73 Å². The van der Waals surface area contributed by atoms with Gasteiger partial charge in [0.15, 0.2) is 11.6 Å². The molecule has 24 heavy (non-hydrogen) atoms. The van der Waals surface area contributed by atoms with Gasteiger partial charge in [-0.3, -0.25) is 0 Å². The molecule has 2 aromatic rings. The molecule has 5 heteroatoms. The summed E-state index contributed by atoms with van der Waals surface area (Å²) in [6.45, 7) is 3.70. The van der Waals surface area contributed by atoms with Crippen LogP contribution in [0.15, 0.2) is 42.5 Å². The minimum absolute atomic E-state index is 0.0852. The summed E-state index contributed by atoms with van der Waals surface area (Å²) >= 11 is 0. The van der Waals surface area contributed by atoms with Crippen molar-refractivity contribution < 1.29 is 13.5 Å². The van der Waals surface area contributed by atoms with Gasteiger partial charge in [-0.25, -0.2) is 8.78 Å². The number of nitrogens with two attached hydrogens (primary N) is 1. The molecule has 3 rings (SSSR count). The summed E-state index contributed by atoms with van der Waals surface area (Å²) in [6.07, 6.45) is 0.821. The summed E-state index contributed by atoms with van der Waals surface area (Å²) < 4.78 is 33.1. The Balaban J connectivity index is 1.81. The summed E-state index contributed by atoms with van der Waals surface area (Å²) in [5.41, 5.74) is 7.59. The Morgan fingerprint density at radius 3 is 2.58 bits per heavy atom. The monoisotopic (exact) mass is 332 g/mol. The van der Waals surface area contributed by atoms with E-state index in [0.717, 1.165) is 23.8 Å². The Kier molecular flexibility index (Phi) is 5.00. The third-order valence-corrected chi connectivity index (χ3v) is 4.42. The Morgan fingerprint density at radius 2 is 1.88 bits per heavy atom. The van der Waals surface area contributed by atoms with Crippen molar-refractivity contribution >= 4 is 5.69 Å². The average molecular weight is 332 g/mol. The maximum Gasteiger partial charge on any atom is 0.182 e. The number of hydrogen-bond acceptors (Lipinski definition) is 3. The van der Waals surface area contributed by atoms with Crippen LogP contribution in [-0.2, 0) is 0 Å². The van der Waals surface area contributed by atoms with Gasteiger partial charge < -0.3 is 15.4 Å². The summed E-state index contributed by atoms with van der Waals surface area (Å²) in [4.78, 5) is 1.84. The second kappa shape index (κ2) is 7.18. The largest absolute Gasteiger partial charge is 0.494 e. The van der Waals surface area contributed by atoms with Crippen LogP contribution >= 0.6 is 0 Å². The van der Waals surface area contributed by atoms with Gasteiger partial charge in [-0.2, -0.15) is 0 Å². The molecule has 2 unspecified atom stereocenters. The molecule has 3 nitrogen and oxygen atoms in total. The van der Waals surface area contributed by atoms with Crippen LogP contribution in [0.3, 0.4) is 0 Å². The smallest absolute Gasteiger partial charge is 0.182 e. The standard InChI is InChI=1S/C19H22F2N2O/c1-2-24-16-8-6-13(7-9-16)14-10-15(22)12-23(11-14)18-5-3-4-17(20)19(18)21/h3-9,14-15H,2,10-12,22H2,1H3. The van der Waals surface area contributed by atoms with E-state index in [0.29, 0.717) is 19.7 Å². The lowest BCUT2D eigenvalue weighted by Crippen LogP contribution is -2.46. The number of anilines is 1. The molecule has 0 amide bonds. The fraction of sp³-hybridized carbons (Fsp3) is 0.368. The second-order valence-electron chi connectivity index (χ2n) is 6.17. The third kappa shape index (κ3) is 3.51. The van der Waals surface area contributed by atoms with Gasteiger partial charge in [0.2, 0.25) is 0 Å². The number of nitrogens with zero attached hydrogens (tertiary/aromatic N) is 1. The first kappa shape index (κ1) is 16.7. The number of hydrogen-bond donors (Lipinski definition) is 1. The van der Waals surface area contributed by atoms with Gasteiger partial charge in [0.05, 0.1) is 12.3 Å². The highest BCUT2D eigenvalue weighted by Gasteiger charge is 2.28. The number of benzene rings is 2. The molecule has 1 aliphatic heterocycles. The Bertz CT molecular complexity index is 690. The quantitative estimate of drug-likeness (QED) is 0.928. The van der Waals surface area contributed by atoms with E-state index in [2.05, 4.69) is 0 Å². The van der Waals surface area contributed by atoms with E-state index >= 15 is 0 Å². The topological polar surface area (TPSA) is 38.5 Å². The molecule has 0 bridgehead atoms. The van der Waals surface area contributed by atoms with Crippen LogP contribution in [0.25, 0.3) is 0 Å². The average Bonchev–Trinajstić information content (AvgIpc) is 2.58. The number of ether oxygens (including phenoxy) is 1. The predicted octanol–water partition coefficient (Wildman–Crippen LogP) is 3.68. The van der Waals surface area contributed by atoms with Crippen molar-refractivity contribution in [3.05, 3.63) is 59.7 Å². The lowest BCUT2D eigenvalue weighted by Gasteiger charge is -2.38. The molecular formula is C19H22F2N2O. The fourth-order valence-corrected chi connectivity index (χ4v) is 3.32. The van der Waals surface area contributed by atoms with Crippen molar-refractivity contribution in [3.63, 3.8) is 0 Å². The lowest BCUT2D eigenvalue weighted by atomic mass is 9.88. The van der Waals surface area contributed by atoms with Crippen LogP contribution in [0.5, 0.6) is 5.75 Å². The summed E-state index contributed by atoms with van der Waals surface area (Å²) in [7, 11) is 0. The van der Waals surface area contributed by atoms with E-state index in [1.807, 2.05) is 36.1 Å². The van der Waals surface area contributed by atoms with Crippen molar-refractivity contribution in [1.29, 1.82) is 0 Å².